The summed E-state index contributed by atoms with van der Waals surface area (Å²) in [4.78, 5) is 0. The number of hydrogen-bond donors (Lipinski definition) is 0. The molecule has 0 aliphatic carbocycles. The quantitative estimate of drug-likeness (QED) is 0.466. The van der Waals surface area contributed by atoms with E-state index in [2.05, 4.69) is 15.9 Å². The molecule has 1 aromatic rings. The zero-order valence-corrected chi connectivity index (χ0v) is 9.62. The van der Waals surface area contributed by atoms with Gasteiger partial charge in [0.1, 0.15) is 0 Å². The monoisotopic (exact) mass is 263 g/mol. The molecule has 0 unspecified atom stereocenters. The van der Waals surface area contributed by atoms with Gasteiger partial charge in [0.2, 0.25) is 23.4 Å². The van der Waals surface area contributed by atoms with Crippen molar-refractivity contribution in [1.82, 2.24) is 0 Å². The average Bonchev–Trinajstić information content (AvgIpc) is 2.20. The van der Waals surface area contributed by atoms with Crippen molar-refractivity contribution in [2.75, 3.05) is 21.3 Å². The van der Waals surface area contributed by atoms with Crippen LogP contribution in [-0.2, 0) is 0 Å². The minimum absolute atomic E-state index is 0.248. The highest BCUT2D eigenvalue weighted by Gasteiger charge is 2.22. The summed E-state index contributed by atoms with van der Waals surface area (Å²) in [5.74, 6) is 1.01. The molecule has 0 aromatic carbocycles. The Hall–Kier alpha value is -1.17. The average molecular weight is 264 g/mol. The Morgan fingerprint density at radius 1 is 1.14 bits per heavy atom. The van der Waals surface area contributed by atoms with E-state index in [-0.39, 0.29) is 4.60 Å². The summed E-state index contributed by atoms with van der Waals surface area (Å²) in [5.41, 5.74) is 0. The Morgan fingerprint density at radius 3 is 2.14 bits per heavy atom. The Kier molecular flexibility index (Phi) is 3.40. The number of ether oxygens (including phenoxy) is 3. The maximum atomic E-state index is 11.3. The number of rotatable bonds is 3. The van der Waals surface area contributed by atoms with E-state index in [0.29, 0.717) is 22.0 Å². The molecule has 1 aromatic heterocycles. The topological polar surface area (TPSA) is 54.6 Å². The zero-order valence-electron chi connectivity index (χ0n) is 8.04. The van der Waals surface area contributed by atoms with Crippen molar-refractivity contribution >= 4 is 15.9 Å². The number of hydrogen-bond acceptors (Lipinski definition) is 4. The van der Waals surface area contributed by atoms with Crippen LogP contribution >= 0.6 is 15.9 Å². The lowest BCUT2D eigenvalue weighted by Gasteiger charge is -2.12. The van der Waals surface area contributed by atoms with E-state index in [1.54, 1.807) is 0 Å². The summed E-state index contributed by atoms with van der Waals surface area (Å²) in [6, 6.07) is 0. The van der Waals surface area contributed by atoms with Crippen molar-refractivity contribution < 1.29 is 18.9 Å². The molecule has 0 aliphatic rings. The lowest BCUT2D eigenvalue weighted by molar-refractivity contribution is -0.618. The molecule has 0 fully saturated rings. The summed E-state index contributed by atoms with van der Waals surface area (Å²) < 4.78 is 15.9. The van der Waals surface area contributed by atoms with E-state index in [1.807, 2.05) is 0 Å². The van der Waals surface area contributed by atoms with Crippen LogP contribution in [0.4, 0.5) is 0 Å². The van der Waals surface area contributed by atoms with Gasteiger partial charge in [0.05, 0.1) is 21.3 Å². The molecular weight excluding hydrogens is 254 g/mol. The summed E-state index contributed by atoms with van der Waals surface area (Å²) in [5, 5.41) is 11.3. The predicted octanol–water partition coefficient (Wildman–Crippen LogP) is 1.11. The molecule has 0 saturated heterocycles. The smallest absolute Gasteiger partial charge is 0.305 e. The lowest BCUT2D eigenvalue weighted by Crippen LogP contribution is -2.28. The third kappa shape index (κ3) is 1.70. The van der Waals surface area contributed by atoms with Gasteiger partial charge >= 0.3 is 4.60 Å². The Bertz CT molecular complexity index is 343. The molecule has 0 bridgehead atoms. The first-order chi connectivity index (χ1) is 6.65. The molecular formula is C8H10BrNO4. The van der Waals surface area contributed by atoms with Gasteiger partial charge in [0.25, 0.3) is 0 Å². The van der Waals surface area contributed by atoms with Gasteiger partial charge in [-0.3, -0.25) is 0 Å². The fraction of sp³-hybridized carbons (Fsp3) is 0.375. The van der Waals surface area contributed by atoms with Gasteiger partial charge in [-0.2, -0.15) is 4.73 Å². The van der Waals surface area contributed by atoms with Crippen molar-refractivity contribution in [3.63, 3.8) is 0 Å². The van der Waals surface area contributed by atoms with E-state index >= 15 is 0 Å². The summed E-state index contributed by atoms with van der Waals surface area (Å²) in [7, 11) is 4.37. The molecule has 1 heterocycles. The molecule has 0 atom stereocenters. The molecule has 14 heavy (non-hydrogen) atoms. The highest BCUT2D eigenvalue weighted by atomic mass is 79.9. The SMILES string of the molecule is COc1c[n+]([O-])c(Br)c(OC)c1OC. The van der Waals surface area contributed by atoms with E-state index in [4.69, 9.17) is 14.2 Å². The van der Waals surface area contributed by atoms with Crippen LogP contribution in [0.2, 0.25) is 0 Å². The molecule has 78 valence electrons. The maximum absolute atomic E-state index is 11.3. The van der Waals surface area contributed by atoms with E-state index in [9.17, 15) is 5.21 Å². The second-order valence-corrected chi connectivity index (χ2v) is 3.13. The highest BCUT2D eigenvalue weighted by molar-refractivity contribution is 9.10. The fourth-order valence-electron chi connectivity index (χ4n) is 1.04. The van der Waals surface area contributed by atoms with Crippen LogP contribution in [0.15, 0.2) is 10.8 Å². The van der Waals surface area contributed by atoms with Crippen molar-refractivity contribution in [3.8, 4) is 17.2 Å². The van der Waals surface area contributed by atoms with Gasteiger partial charge in [-0.05, 0) is 0 Å². The highest BCUT2D eigenvalue weighted by Crippen LogP contribution is 2.39. The normalized spacial score (nSPS) is 9.71. The van der Waals surface area contributed by atoms with Crippen LogP contribution in [0.3, 0.4) is 0 Å². The Morgan fingerprint density at radius 2 is 1.71 bits per heavy atom. The van der Waals surface area contributed by atoms with Gasteiger partial charge in [-0.25, -0.2) is 0 Å². The second-order valence-electron chi connectivity index (χ2n) is 2.38. The summed E-state index contributed by atoms with van der Waals surface area (Å²) >= 11 is 3.09. The molecule has 0 aliphatic heterocycles. The van der Waals surface area contributed by atoms with Crippen LogP contribution in [0.1, 0.15) is 0 Å². The zero-order chi connectivity index (χ0) is 10.7. The van der Waals surface area contributed by atoms with E-state index in [0.717, 1.165) is 0 Å². The van der Waals surface area contributed by atoms with Gasteiger partial charge in [-0.15, -0.1) is 0 Å². The van der Waals surface area contributed by atoms with Crippen LogP contribution < -0.4 is 18.9 Å². The van der Waals surface area contributed by atoms with Crippen molar-refractivity contribution in [3.05, 3.63) is 16.0 Å². The van der Waals surface area contributed by atoms with Gasteiger partial charge in [-0.1, -0.05) is 0 Å². The molecule has 0 amide bonds. The van der Waals surface area contributed by atoms with Gasteiger partial charge < -0.3 is 19.4 Å². The number of pyridine rings is 1. The van der Waals surface area contributed by atoms with Gasteiger partial charge in [0, 0.05) is 15.9 Å². The maximum Gasteiger partial charge on any atom is 0.305 e. The summed E-state index contributed by atoms with van der Waals surface area (Å²) in [6.07, 6.45) is 1.26. The second kappa shape index (κ2) is 4.36. The van der Waals surface area contributed by atoms with Crippen molar-refractivity contribution in [1.29, 1.82) is 0 Å². The molecule has 0 saturated carbocycles. The first-order valence-corrected chi connectivity index (χ1v) is 4.52. The molecule has 0 radical (unpaired) electrons. The molecule has 0 spiro atoms. The molecule has 0 N–H and O–H groups in total. The van der Waals surface area contributed by atoms with E-state index < -0.39 is 0 Å². The standard InChI is InChI=1S/C8H10BrNO4/c1-12-5-4-10(11)8(9)7(14-3)6(5)13-2/h4H,1-3H3. The minimum Gasteiger partial charge on any atom is -0.618 e. The Labute approximate surface area is 89.9 Å². The van der Waals surface area contributed by atoms with Crippen molar-refractivity contribution in [2.45, 2.75) is 0 Å². The first kappa shape index (κ1) is 10.9. The minimum atomic E-state index is 0.248. The van der Waals surface area contributed by atoms with Gasteiger partial charge in [0.15, 0.2) is 0 Å². The number of methoxy groups -OCH3 is 3. The van der Waals surface area contributed by atoms with Crippen molar-refractivity contribution in [2.24, 2.45) is 0 Å². The van der Waals surface area contributed by atoms with Crippen LogP contribution in [0, 0.1) is 5.21 Å². The third-order valence-corrected chi connectivity index (χ3v) is 2.38. The van der Waals surface area contributed by atoms with Crippen LogP contribution in [0.25, 0.3) is 0 Å². The summed E-state index contributed by atoms with van der Waals surface area (Å²) in [6.45, 7) is 0. The lowest BCUT2D eigenvalue weighted by atomic mass is 10.4. The number of aromatic nitrogens is 1. The first-order valence-electron chi connectivity index (χ1n) is 3.73. The predicted molar refractivity (Wildman–Crippen MR) is 52.8 cm³/mol. The van der Waals surface area contributed by atoms with Crippen LogP contribution in [-0.4, -0.2) is 21.3 Å². The van der Waals surface area contributed by atoms with Crippen LogP contribution in [0.5, 0.6) is 17.2 Å². The molecule has 5 nitrogen and oxygen atoms in total. The third-order valence-electron chi connectivity index (χ3n) is 1.67. The Balaban J connectivity index is 3.42. The number of halogens is 1. The largest absolute Gasteiger partial charge is 0.618 e. The van der Waals surface area contributed by atoms with E-state index in [1.165, 1.54) is 27.5 Å². The molecule has 1 rings (SSSR count). The molecule has 6 heteroatoms. The number of nitrogens with zero attached hydrogens (tertiary/aromatic N) is 1. The fourth-order valence-corrected chi connectivity index (χ4v) is 1.49.